The fourth-order valence-corrected chi connectivity index (χ4v) is 4.36. The van der Waals surface area contributed by atoms with Gasteiger partial charge in [-0.2, -0.15) is 0 Å². The second-order valence-electron chi connectivity index (χ2n) is 9.38. The average molecular weight is 479 g/mol. The van der Waals surface area contributed by atoms with E-state index >= 15 is 0 Å². The Morgan fingerprint density at radius 1 is 0.971 bits per heavy atom. The van der Waals surface area contributed by atoms with E-state index in [-0.39, 0.29) is 30.4 Å². The van der Waals surface area contributed by atoms with Gasteiger partial charge in [-0.15, -0.1) is 0 Å². The molecule has 186 valence electrons. The number of hydrogen-bond donors (Lipinski definition) is 3. The molecular weight excluding hydrogens is 444 g/mol. The summed E-state index contributed by atoms with van der Waals surface area (Å²) in [4.78, 5) is 39.4. The number of ether oxygens (including phenoxy) is 1. The third kappa shape index (κ3) is 7.05. The van der Waals surface area contributed by atoms with Crippen LogP contribution in [0.2, 0.25) is 0 Å². The number of rotatable bonds is 8. The first-order valence-corrected chi connectivity index (χ1v) is 12.4. The van der Waals surface area contributed by atoms with Gasteiger partial charge in [0, 0.05) is 48.7 Å². The van der Waals surface area contributed by atoms with Crippen molar-refractivity contribution < 1.29 is 19.1 Å². The largest absolute Gasteiger partial charge is 0.376 e. The summed E-state index contributed by atoms with van der Waals surface area (Å²) in [6.45, 7) is 5.11. The summed E-state index contributed by atoms with van der Waals surface area (Å²) in [6.07, 6.45) is 4.16. The first kappa shape index (κ1) is 24.7. The lowest BCUT2D eigenvalue weighted by atomic mass is 9.98. The van der Waals surface area contributed by atoms with Gasteiger partial charge < -0.3 is 25.6 Å². The molecule has 0 aromatic heterocycles. The van der Waals surface area contributed by atoms with Crippen LogP contribution >= 0.6 is 0 Å². The predicted molar refractivity (Wildman–Crippen MR) is 136 cm³/mol. The molecule has 0 radical (unpaired) electrons. The number of nitrogens with one attached hydrogen (secondary N) is 3. The van der Waals surface area contributed by atoms with Crippen LogP contribution in [0.15, 0.2) is 48.5 Å². The number of likely N-dealkylation sites (tertiary alicyclic amines) is 1. The van der Waals surface area contributed by atoms with Gasteiger partial charge in [0.15, 0.2) is 0 Å². The molecule has 2 aromatic carbocycles. The number of anilines is 2. The van der Waals surface area contributed by atoms with Gasteiger partial charge in [-0.1, -0.05) is 13.0 Å². The van der Waals surface area contributed by atoms with Crippen molar-refractivity contribution in [3.05, 3.63) is 59.7 Å². The second-order valence-corrected chi connectivity index (χ2v) is 9.38. The van der Waals surface area contributed by atoms with E-state index in [2.05, 4.69) is 22.9 Å². The van der Waals surface area contributed by atoms with Crippen molar-refractivity contribution in [2.45, 2.75) is 38.7 Å². The highest BCUT2D eigenvalue weighted by molar-refractivity contribution is 5.97. The Hall–Kier alpha value is -3.39. The van der Waals surface area contributed by atoms with Crippen LogP contribution in [0.1, 0.15) is 53.3 Å². The maximum Gasteiger partial charge on any atom is 0.253 e. The van der Waals surface area contributed by atoms with E-state index < -0.39 is 0 Å². The molecular formula is C27H34N4O4. The van der Waals surface area contributed by atoms with Gasteiger partial charge in [0.25, 0.3) is 11.8 Å². The molecule has 2 aliphatic heterocycles. The second kappa shape index (κ2) is 11.8. The van der Waals surface area contributed by atoms with Crippen molar-refractivity contribution in [3.8, 4) is 0 Å². The van der Waals surface area contributed by atoms with Crippen LogP contribution in [0.4, 0.5) is 11.4 Å². The summed E-state index contributed by atoms with van der Waals surface area (Å²) in [6, 6.07) is 14.0. The van der Waals surface area contributed by atoms with Crippen molar-refractivity contribution >= 4 is 29.1 Å². The Morgan fingerprint density at radius 3 is 2.46 bits per heavy atom. The van der Waals surface area contributed by atoms with E-state index in [1.807, 2.05) is 23.1 Å². The Labute approximate surface area is 206 Å². The van der Waals surface area contributed by atoms with Crippen molar-refractivity contribution in [3.63, 3.8) is 0 Å². The van der Waals surface area contributed by atoms with Gasteiger partial charge in [0.05, 0.1) is 12.6 Å². The molecule has 1 atom stereocenters. The fourth-order valence-electron chi connectivity index (χ4n) is 4.36. The molecule has 3 amide bonds. The SMILES string of the molecule is CC1CCN(C(=O)c2cccc(NCC(=O)Nc3ccc(C(=O)NCC4CCCO4)cc3)c2)CC1. The number of amides is 3. The Bertz CT molecular complexity index is 1030. The van der Waals surface area contributed by atoms with Gasteiger partial charge in [-0.25, -0.2) is 0 Å². The molecule has 2 aromatic rings. The van der Waals surface area contributed by atoms with E-state index in [4.69, 9.17) is 4.74 Å². The van der Waals surface area contributed by atoms with Crippen LogP contribution in [-0.2, 0) is 9.53 Å². The first-order chi connectivity index (χ1) is 17.0. The van der Waals surface area contributed by atoms with E-state index in [0.717, 1.165) is 51.1 Å². The van der Waals surface area contributed by atoms with E-state index in [1.165, 1.54) is 0 Å². The Balaban J connectivity index is 1.23. The van der Waals surface area contributed by atoms with Gasteiger partial charge in [-0.3, -0.25) is 14.4 Å². The molecule has 0 saturated carbocycles. The quantitative estimate of drug-likeness (QED) is 0.539. The molecule has 0 spiro atoms. The third-order valence-electron chi connectivity index (χ3n) is 6.58. The molecule has 3 N–H and O–H groups in total. The van der Waals surface area contributed by atoms with Crippen LogP contribution in [-0.4, -0.2) is 61.5 Å². The molecule has 0 bridgehead atoms. The molecule has 2 heterocycles. The van der Waals surface area contributed by atoms with Crippen LogP contribution in [0.25, 0.3) is 0 Å². The molecule has 8 heteroatoms. The highest BCUT2D eigenvalue weighted by Gasteiger charge is 2.21. The molecule has 8 nitrogen and oxygen atoms in total. The summed E-state index contributed by atoms with van der Waals surface area (Å²) >= 11 is 0. The summed E-state index contributed by atoms with van der Waals surface area (Å²) in [7, 11) is 0. The number of hydrogen-bond acceptors (Lipinski definition) is 5. The third-order valence-corrected chi connectivity index (χ3v) is 6.58. The maximum absolute atomic E-state index is 12.8. The summed E-state index contributed by atoms with van der Waals surface area (Å²) in [5.74, 6) is 0.316. The van der Waals surface area contributed by atoms with E-state index in [9.17, 15) is 14.4 Å². The average Bonchev–Trinajstić information content (AvgIpc) is 3.40. The number of carbonyl (C=O) groups excluding carboxylic acids is 3. The van der Waals surface area contributed by atoms with Crippen LogP contribution in [0, 0.1) is 5.92 Å². The summed E-state index contributed by atoms with van der Waals surface area (Å²) in [5.41, 5.74) is 2.48. The minimum absolute atomic E-state index is 0.0323. The van der Waals surface area contributed by atoms with Gasteiger partial charge in [-0.05, 0) is 74.1 Å². The molecule has 2 fully saturated rings. The Morgan fingerprint density at radius 2 is 1.74 bits per heavy atom. The molecule has 0 aliphatic carbocycles. The van der Waals surface area contributed by atoms with Crippen LogP contribution in [0.3, 0.4) is 0 Å². The minimum atomic E-state index is -0.220. The summed E-state index contributed by atoms with van der Waals surface area (Å²) < 4.78 is 5.52. The molecule has 1 unspecified atom stereocenters. The lowest BCUT2D eigenvalue weighted by Gasteiger charge is -2.30. The van der Waals surface area contributed by atoms with Crippen molar-refractivity contribution in [2.75, 3.05) is 43.4 Å². The molecule has 2 saturated heterocycles. The van der Waals surface area contributed by atoms with Gasteiger partial charge in [0.2, 0.25) is 5.91 Å². The van der Waals surface area contributed by atoms with Crippen molar-refractivity contribution in [1.29, 1.82) is 0 Å². The van der Waals surface area contributed by atoms with Crippen LogP contribution < -0.4 is 16.0 Å². The van der Waals surface area contributed by atoms with E-state index in [1.54, 1.807) is 30.3 Å². The molecule has 35 heavy (non-hydrogen) atoms. The minimum Gasteiger partial charge on any atom is -0.376 e. The predicted octanol–water partition coefficient (Wildman–Crippen LogP) is 3.52. The zero-order valence-corrected chi connectivity index (χ0v) is 20.2. The smallest absolute Gasteiger partial charge is 0.253 e. The lowest BCUT2D eigenvalue weighted by Crippen LogP contribution is -2.37. The van der Waals surface area contributed by atoms with E-state index in [0.29, 0.717) is 29.3 Å². The zero-order valence-electron chi connectivity index (χ0n) is 20.2. The summed E-state index contributed by atoms with van der Waals surface area (Å²) in [5, 5.41) is 8.79. The molecule has 2 aliphatic rings. The monoisotopic (exact) mass is 478 g/mol. The van der Waals surface area contributed by atoms with Crippen molar-refractivity contribution in [2.24, 2.45) is 5.92 Å². The molecule has 4 rings (SSSR count). The highest BCUT2D eigenvalue weighted by atomic mass is 16.5. The van der Waals surface area contributed by atoms with Crippen molar-refractivity contribution in [1.82, 2.24) is 10.2 Å². The van der Waals surface area contributed by atoms with Gasteiger partial charge >= 0.3 is 0 Å². The zero-order chi connectivity index (χ0) is 24.6. The number of carbonyl (C=O) groups is 3. The number of nitrogens with zero attached hydrogens (tertiary/aromatic N) is 1. The lowest BCUT2D eigenvalue weighted by molar-refractivity contribution is -0.114. The number of piperidine rings is 1. The van der Waals surface area contributed by atoms with Gasteiger partial charge in [0.1, 0.15) is 0 Å². The van der Waals surface area contributed by atoms with Crippen LogP contribution in [0.5, 0.6) is 0 Å². The topological polar surface area (TPSA) is 99.8 Å². The first-order valence-electron chi connectivity index (χ1n) is 12.4. The highest BCUT2D eigenvalue weighted by Crippen LogP contribution is 2.20. The normalized spacial score (nSPS) is 18.2. The standard InChI is InChI=1S/C27H34N4O4/c1-19-11-13-31(14-12-19)27(34)21-4-2-5-23(16-21)28-18-25(32)30-22-9-7-20(8-10-22)26(33)29-17-24-6-3-15-35-24/h2,4-5,7-10,16,19,24,28H,3,6,11-15,17-18H2,1H3,(H,29,33)(H,30,32). The maximum atomic E-state index is 12.8. The number of benzene rings is 2. The fraction of sp³-hybridized carbons (Fsp3) is 0.444. The Kier molecular flexibility index (Phi) is 8.36.